The van der Waals surface area contributed by atoms with Gasteiger partial charge in [-0.3, -0.25) is 10.1 Å². The predicted molar refractivity (Wildman–Crippen MR) is 61.9 cm³/mol. The van der Waals surface area contributed by atoms with Crippen molar-refractivity contribution in [3.05, 3.63) is 46.4 Å². The number of carbonyl (C=O) groups excluding carboxylic acids is 1. The quantitative estimate of drug-likeness (QED) is 0.921. The van der Waals surface area contributed by atoms with Crippen molar-refractivity contribution in [2.24, 2.45) is 0 Å². The average molecular weight is 297 g/mol. The van der Waals surface area contributed by atoms with Crippen molar-refractivity contribution in [1.82, 2.24) is 15.2 Å². The van der Waals surface area contributed by atoms with Gasteiger partial charge in [0.25, 0.3) is 5.91 Å². The molecule has 0 unspecified atom stereocenters. The Morgan fingerprint density at radius 3 is 2.82 bits per heavy atom. The third-order valence-electron chi connectivity index (χ3n) is 1.89. The second-order valence-electron chi connectivity index (χ2n) is 3.05. The zero-order valence-electron chi connectivity index (χ0n) is 8.39. The Kier molecular flexibility index (Phi) is 3.38. The molecule has 0 saturated carbocycles. The molecule has 1 aromatic heterocycles. The second-order valence-corrected chi connectivity index (χ2v) is 3.90. The molecule has 17 heavy (non-hydrogen) atoms. The van der Waals surface area contributed by atoms with Crippen molar-refractivity contribution >= 4 is 27.8 Å². The summed E-state index contributed by atoms with van der Waals surface area (Å²) in [6.45, 7) is 0. The number of nitrogens with zero attached hydrogens (tertiary/aromatic N) is 3. The van der Waals surface area contributed by atoms with Gasteiger partial charge in [-0.15, -0.1) is 5.10 Å². The lowest BCUT2D eigenvalue weighted by atomic mass is 10.2. The van der Waals surface area contributed by atoms with E-state index < -0.39 is 11.7 Å². The van der Waals surface area contributed by atoms with E-state index in [4.69, 9.17) is 0 Å². The van der Waals surface area contributed by atoms with Gasteiger partial charge in [-0.1, -0.05) is 0 Å². The van der Waals surface area contributed by atoms with E-state index in [1.54, 1.807) is 0 Å². The molecule has 0 aliphatic carbocycles. The molecule has 7 heteroatoms. The maximum atomic E-state index is 13.0. The van der Waals surface area contributed by atoms with Crippen LogP contribution >= 0.6 is 15.9 Å². The molecule has 1 N–H and O–H groups in total. The minimum atomic E-state index is -0.432. The lowest BCUT2D eigenvalue weighted by Crippen LogP contribution is -2.14. The molecule has 0 fully saturated rings. The molecule has 0 bridgehead atoms. The number of aromatic nitrogens is 3. The van der Waals surface area contributed by atoms with Crippen LogP contribution in [0.25, 0.3) is 0 Å². The zero-order valence-corrected chi connectivity index (χ0v) is 9.98. The van der Waals surface area contributed by atoms with E-state index in [9.17, 15) is 9.18 Å². The van der Waals surface area contributed by atoms with E-state index in [0.717, 1.165) is 0 Å². The molecule has 86 valence electrons. The molecule has 0 aliphatic rings. The Morgan fingerprint density at radius 1 is 1.35 bits per heavy atom. The predicted octanol–water partition coefficient (Wildman–Crippen LogP) is 2.03. The second kappa shape index (κ2) is 4.96. The van der Waals surface area contributed by atoms with Crippen molar-refractivity contribution in [3.63, 3.8) is 0 Å². The van der Waals surface area contributed by atoms with Crippen LogP contribution in [0, 0.1) is 5.82 Å². The molecule has 1 heterocycles. The summed E-state index contributed by atoms with van der Waals surface area (Å²) in [5.74, 6) is -0.768. The highest BCUT2D eigenvalue weighted by atomic mass is 79.9. The summed E-state index contributed by atoms with van der Waals surface area (Å²) >= 11 is 3.00. The topological polar surface area (TPSA) is 67.8 Å². The number of rotatable bonds is 2. The van der Waals surface area contributed by atoms with Crippen molar-refractivity contribution in [2.75, 3.05) is 5.32 Å². The maximum Gasteiger partial charge on any atom is 0.258 e. The molecule has 1 aromatic carbocycles. The first-order valence-corrected chi connectivity index (χ1v) is 5.36. The minimum Gasteiger partial charge on any atom is -0.289 e. The molecule has 5 nitrogen and oxygen atoms in total. The van der Waals surface area contributed by atoms with Crippen molar-refractivity contribution in [3.8, 4) is 0 Å². The monoisotopic (exact) mass is 296 g/mol. The zero-order chi connectivity index (χ0) is 12.3. The number of carbonyl (C=O) groups is 1. The van der Waals surface area contributed by atoms with E-state index in [0.29, 0.717) is 5.56 Å². The van der Waals surface area contributed by atoms with Crippen LogP contribution in [0.15, 0.2) is 35.1 Å². The van der Waals surface area contributed by atoms with Gasteiger partial charge in [-0.05, 0) is 34.1 Å². The Morgan fingerprint density at radius 2 is 2.18 bits per heavy atom. The van der Waals surface area contributed by atoms with E-state index >= 15 is 0 Å². The van der Waals surface area contributed by atoms with Gasteiger partial charge in [-0.2, -0.15) is 5.10 Å². The van der Waals surface area contributed by atoms with Gasteiger partial charge in [-0.25, -0.2) is 9.37 Å². The van der Waals surface area contributed by atoms with Crippen LogP contribution in [0.2, 0.25) is 0 Å². The molecule has 0 saturated heterocycles. The molecule has 0 spiro atoms. The average Bonchev–Trinajstić information content (AvgIpc) is 2.34. The highest BCUT2D eigenvalue weighted by molar-refractivity contribution is 9.10. The fourth-order valence-corrected chi connectivity index (χ4v) is 1.49. The van der Waals surface area contributed by atoms with Gasteiger partial charge in [0.2, 0.25) is 5.95 Å². The van der Waals surface area contributed by atoms with E-state index in [2.05, 4.69) is 36.4 Å². The number of benzene rings is 1. The lowest BCUT2D eigenvalue weighted by Gasteiger charge is -2.03. The molecule has 0 atom stereocenters. The van der Waals surface area contributed by atoms with Crippen LogP contribution in [0.1, 0.15) is 10.4 Å². The minimum absolute atomic E-state index is 0.0953. The summed E-state index contributed by atoms with van der Waals surface area (Å²) in [4.78, 5) is 15.5. The van der Waals surface area contributed by atoms with Crippen molar-refractivity contribution < 1.29 is 9.18 Å². The third kappa shape index (κ3) is 2.82. The van der Waals surface area contributed by atoms with Crippen molar-refractivity contribution in [2.45, 2.75) is 0 Å². The molecule has 1 amide bonds. The summed E-state index contributed by atoms with van der Waals surface area (Å²) in [5.41, 5.74) is 0.297. The van der Waals surface area contributed by atoms with E-state index in [1.165, 1.54) is 30.6 Å². The Balaban J connectivity index is 2.18. The Hall–Kier alpha value is -1.89. The number of nitrogens with one attached hydrogen (secondary N) is 1. The molecular formula is C10H6BrFN4O. The first-order chi connectivity index (χ1) is 8.16. The van der Waals surface area contributed by atoms with Gasteiger partial charge < -0.3 is 0 Å². The fourth-order valence-electron chi connectivity index (χ4n) is 1.12. The summed E-state index contributed by atoms with van der Waals surface area (Å²) < 4.78 is 13.2. The maximum absolute atomic E-state index is 13.0. The lowest BCUT2D eigenvalue weighted by molar-refractivity contribution is 0.102. The Labute approximate surface area is 104 Å². The van der Waals surface area contributed by atoms with E-state index in [-0.39, 0.29) is 10.4 Å². The smallest absolute Gasteiger partial charge is 0.258 e. The number of hydrogen-bond donors (Lipinski definition) is 1. The highest BCUT2D eigenvalue weighted by Gasteiger charge is 2.09. The molecule has 2 rings (SSSR count). The molecule has 0 radical (unpaired) electrons. The first-order valence-electron chi connectivity index (χ1n) is 4.57. The van der Waals surface area contributed by atoms with Crippen LogP contribution < -0.4 is 5.32 Å². The van der Waals surface area contributed by atoms with Gasteiger partial charge >= 0.3 is 0 Å². The van der Waals surface area contributed by atoms with Crippen LogP contribution in [0.5, 0.6) is 0 Å². The molecule has 2 aromatic rings. The number of halogens is 2. The van der Waals surface area contributed by atoms with Crippen molar-refractivity contribution in [1.29, 1.82) is 0 Å². The molecule has 0 aliphatic heterocycles. The third-order valence-corrected chi connectivity index (χ3v) is 2.50. The van der Waals surface area contributed by atoms with Crippen LogP contribution in [-0.2, 0) is 0 Å². The SMILES string of the molecule is O=C(Nc1nccnn1)c1ccc(F)c(Br)c1. The standard InChI is InChI=1S/C10H6BrFN4O/c11-7-5-6(1-2-8(7)12)9(17)15-10-13-3-4-14-16-10/h1-5H,(H,13,15,16,17). The normalized spacial score (nSPS) is 10.0. The fraction of sp³-hybridized carbons (Fsp3) is 0. The summed E-state index contributed by atoms with van der Waals surface area (Å²) in [6, 6.07) is 3.94. The van der Waals surface area contributed by atoms with Crippen LogP contribution in [0.4, 0.5) is 10.3 Å². The Bertz CT molecular complexity index is 549. The van der Waals surface area contributed by atoms with Crippen LogP contribution in [-0.4, -0.2) is 21.1 Å². The van der Waals surface area contributed by atoms with Crippen LogP contribution in [0.3, 0.4) is 0 Å². The van der Waals surface area contributed by atoms with Gasteiger partial charge in [0, 0.05) is 5.56 Å². The summed E-state index contributed by atoms with van der Waals surface area (Å²) in [7, 11) is 0. The largest absolute Gasteiger partial charge is 0.289 e. The number of amides is 1. The first kappa shape index (κ1) is 11.6. The van der Waals surface area contributed by atoms with Gasteiger partial charge in [0.1, 0.15) is 5.82 Å². The van der Waals surface area contributed by atoms with Gasteiger partial charge in [0.15, 0.2) is 0 Å². The molecular weight excluding hydrogens is 291 g/mol. The number of anilines is 1. The van der Waals surface area contributed by atoms with Gasteiger partial charge in [0.05, 0.1) is 16.9 Å². The summed E-state index contributed by atoms with van der Waals surface area (Å²) in [5, 5.41) is 9.61. The highest BCUT2D eigenvalue weighted by Crippen LogP contribution is 2.17. The summed E-state index contributed by atoms with van der Waals surface area (Å²) in [6.07, 6.45) is 2.80. The van der Waals surface area contributed by atoms with E-state index in [1.807, 2.05) is 0 Å². The number of hydrogen-bond acceptors (Lipinski definition) is 4.